The van der Waals surface area contributed by atoms with Crippen molar-refractivity contribution in [3.05, 3.63) is 0 Å². The van der Waals surface area contributed by atoms with Crippen LogP contribution in [0, 0.1) is 11.8 Å². The largest absolute Gasteiger partial charge is 0.394 e. The third kappa shape index (κ3) is 5.84. The molecule has 0 aliphatic carbocycles. The molecule has 5 unspecified atom stereocenters. The Hall–Kier alpha value is -0.320. The molecule has 1 aliphatic heterocycles. The van der Waals surface area contributed by atoms with E-state index in [4.69, 9.17) is 14.2 Å². The van der Waals surface area contributed by atoms with Crippen molar-refractivity contribution in [2.24, 2.45) is 11.8 Å². The fraction of sp³-hybridized carbons (Fsp3) is 1.00. The standard InChI is InChI=1S/C18H36O8/c1-5-11(3)7-12(8-19)24-10-25-18(4,6-2)14-13(9-20)26-17(23)16(22)15(14)21/h11-17,19-23H,5-10H2,1-4H3/t11-,12?,13?,14-,15?,16+,17?,18?/m1/s1. The predicted molar refractivity (Wildman–Crippen MR) is 94.1 cm³/mol. The predicted octanol–water partition coefficient (Wildman–Crippen LogP) is -0.00960. The smallest absolute Gasteiger partial charge is 0.183 e. The molecular weight excluding hydrogens is 344 g/mol. The molecule has 0 spiro atoms. The van der Waals surface area contributed by atoms with Crippen LogP contribution in [0.25, 0.3) is 0 Å². The summed E-state index contributed by atoms with van der Waals surface area (Å²) in [7, 11) is 0. The Bertz CT molecular complexity index is 393. The first kappa shape index (κ1) is 23.7. The molecule has 1 heterocycles. The molecule has 0 amide bonds. The highest BCUT2D eigenvalue weighted by Crippen LogP contribution is 2.37. The van der Waals surface area contributed by atoms with Gasteiger partial charge in [0, 0.05) is 5.92 Å². The Morgan fingerprint density at radius 1 is 1.12 bits per heavy atom. The Balaban J connectivity index is 2.76. The van der Waals surface area contributed by atoms with E-state index in [1.807, 2.05) is 6.92 Å². The molecule has 0 aromatic carbocycles. The first-order valence-electron chi connectivity index (χ1n) is 9.40. The quantitative estimate of drug-likeness (QED) is 0.317. The summed E-state index contributed by atoms with van der Waals surface area (Å²) in [5.74, 6) is -0.352. The lowest BCUT2D eigenvalue weighted by Gasteiger charge is -2.48. The fourth-order valence-electron chi connectivity index (χ4n) is 3.37. The highest BCUT2D eigenvalue weighted by atomic mass is 16.7. The molecule has 0 aromatic rings. The molecule has 0 saturated carbocycles. The lowest BCUT2D eigenvalue weighted by atomic mass is 9.75. The second-order valence-electron chi connectivity index (χ2n) is 7.40. The normalized spacial score (nSPS) is 34.3. The minimum atomic E-state index is -1.56. The number of hydrogen-bond donors (Lipinski definition) is 5. The number of hydrogen-bond acceptors (Lipinski definition) is 8. The molecule has 0 bridgehead atoms. The lowest BCUT2D eigenvalue weighted by molar-refractivity contribution is -0.308. The summed E-state index contributed by atoms with van der Waals surface area (Å²) < 4.78 is 16.7. The van der Waals surface area contributed by atoms with Gasteiger partial charge < -0.3 is 39.7 Å². The van der Waals surface area contributed by atoms with Crippen LogP contribution < -0.4 is 0 Å². The van der Waals surface area contributed by atoms with Crippen LogP contribution in [0.1, 0.15) is 47.0 Å². The fourth-order valence-corrected chi connectivity index (χ4v) is 3.37. The van der Waals surface area contributed by atoms with Crippen LogP contribution in [0.5, 0.6) is 0 Å². The maximum atomic E-state index is 10.4. The molecule has 8 heteroatoms. The van der Waals surface area contributed by atoms with Gasteiger partial charge in [0.2, 0.25) is 0 Å². The van der Waals surface area contributed by atoms with E-state index in [0.29, 0.717) is 18.8 Å². The summed E-state index contributed by atoms with van der Waals surface area (Å²) in [6.45, 7) is 7.09. The molecule has 5 N–H and O–H groups in total. The second kappa shape index (κ2) is 10.9. The van der Waals surface area contributed by atoms with Crippen LogP contribution >= 0.6 is 0 Å². The van der Waals surface area contributed by atoms with Gasteiger partial charge in [0.05, 0.1) is 37.1 Å². The SMILES string of the molecule is CC[C@@H](C)CC(CO)OCOC(C)(CC)[C@@H]1C(CO)OC(O)[C@@H](O)C1O. The average molecular weight is 380 g/mol. The molecular formula is C18H36O8. The Morgan fingerprint density at radius 3 is 2.27 bits per heavy atom. The van der Waals surface area contributed by atoms with Gasteiger partial charge >= 0.3 is 0 Å². The zero-order valence-electron chi connectivity index (χ0n) is 16.2. The van der Waals surface area contributed by atoms with E-state index < -0.39 is 42.7 Å². The van der Waals surface area contributed by atoms with Crippen LogP contribution in [-0.2, 0) is 14.2 Å². The average Bonchev–Trinajstić information content (AvgIpc) is 2.64. The summed E-state index contributed by atoms with van der Waals surface area (Å²) >= 11 is 0. The summed E-state index contributed by atoms with van der Waals surface area (Å²) in [6, 6.07) is 0. The summed E-state index contributed by atoms with van der Waals surface area (Å²) in [6.07, 6.45) is -3.47. The van der Waals surface area contributed by atoms with Crippen LogP contribution in [0.3, 0.4) is 0 Å². The minimum absolute atomic E-state index is 0.105. The summed E-state index contributed by atoms with van der Waals surface area (Å²) in [4.78, 5) is 0. The molecule has 156 valence electrons. The number of aliphatic hydroxyl groups excluding tert-OH is 5. The van der Waals surface area contributed by atoms with Crippen LogP contribution in [-0.4, -0.2) is 81.8 Å². The first-order chi connectivity index (χ1) is 12.2. The van der Waals surface area contributed by atoms with Gasteiger partial charge in [0.1, 0.15) is 12.9 Å². The first-order valence-corrected chi connectivity index (χ1v) is 9.40. The van der Waals surface area contributed by atoms with E-state index in [9.17, 15) is 25.5 Å². The van der Waals surface area contributed by atoms with Crippen molar-refractivity contribution in [1.29, 1.82) is 0 Å². The Labute approximate surface area is 155 Å². The molecule has 1 saturated heterocycles. The molecule has 26 heavy (non-hydrogen) atoms. The van der Waals surface area contributed by atoms with E-state index in [-0.39, 0.29) is 19.5 Å². The molecule has 0 radical (unpaired) electrons. The van der Waals surface area contributed by atoms with Crippen molar-refractivity contribution in [3.8, 4) is 0 Å². The van der Waals surface area contributed by atoms with Gasteiger partial charge in [-0.1, -0.05) is 27.2 Å². The number of aliphatic hydroxyl groups is 5. The Kier molecular flexibility index (Phi) is 9.92. The summed E-state index contributed by atoms with van der Waals surface area (Å²) in [5, 5.41) is 49.0. The van der Waals surface area contributed by atoms with Crippen molar-refractivity contribution < 1.29 is 39.7 Å². The van der Waals surface area contributed by atoms with Gasteiger partial charge in [0.15, 0.2) is 6.29 Å². The van der Waals surface area contributed by atoms with Crippen molar-refractivity contribution in [1.82, 2.24) is 0 Å². The molecule has 1 aliphatic rings. The zero-order chi connectivity index (χ0) is 19.9. The van der Waals surface area contributed by atoms with Gasteiger partial charge in [-0.3, -0.25) is 0 Å². The highest BCUT2D eigenvalue weighted by molar-refractivity contribution is 4.98. The van der Waals surface area contributed by atoms with E-state index in [1.165, 1.54) is 0 Å². The Morgan fingerprint density at radius 2 is 1.77 bits per heavy atom. The number of rotatable bonds is 11. The van der Waals surface area contributed by atoms with Gasteiger partial charge in [-0.25, -0.2) is 0 Å². The van der Waals surface area contributed by atoms with E-state index in [2.05, 4.69) is 13.8 Å². The van der Waals surface area contributed by atoms with Gasteiger partial charge in [-0.2, -0.15) is 0 Å². The van der Waals surface area contributed by atoms with Gasteiger partial charge in [-0.05, 0) is 25.7 Å². The maximum Gasteiger partial charge on any atom is 0.183 e. The van der Waals surface area contributed by atoms with Crippen molar-refractivity contribution in [2.45, 2.75) is 83.3 Å². The van der Waals surface area contributed by atoms with Crippen LogP contribution in [0.2, 0.25) is 0 Å². The molecule has 0 aromatic heterocycles. The molecule has 1 fully saturated rings. The van der Waals surface area contributed by atoms with Crippen molar-refractivity contribution >= 4 is 0 Å². The molecule has 8 nitrogen and oxygen atoms in total. The molecule has 1 rings (SSSR count). The van der Waals surface area contributed by atoms with Gasteiger partial charge in [0.25, 0.3) is 0 Å². The van der Waals surface area contributed by atoms with Crippen LogP contribution in [0.15, 0.2) is 0 Å². The minimum Gasteiger partial charge on any atom is -0.394 e. The highest BCUT2D eigenvalue weighted by Gasteiger charge is 2.52. The maximum absolute atomic E-state index is 10.4. The second-order valence-corrected chi connectivity index (χ2v) is 7.40. The van der Waals surface area contributed by atoms with Crippen molar-refractivity contribution in [3.63, 3.8) is 0 Å². The van der Waals surface area contributed by atoms with E-state index >= 15 is 0 Å². The summed E-state index contributed by atoms with van der Waals surface area (Å²) in [5.41, 5.74) is -0.968. The van der Waals surface area contributed by atoms with Crippen LogP contribution in [0.4, 0.5) is 0 Å². The lowest BCUT2D eigenvalue weighted by Crippen LogP contribution is -2.62. The molecule has 8 atom stereocenters. The topological polar surface area (TPSA) is 129 Å². The third-order valence-corrected chi connectivity index (χ3v) is 5.57. The third-order valence-electron chi connectivity index (χ3n) is 5.57. The number of ether oxygens (including phenoxy) is 3. The zero-order valence-corrected chi connectivity index (χ0v) is 16.2. The van der Waals surface area contributed by atoms with Gasteiger partial charge in [-0.15, -0.1) is 0 Å². The monoisotopic (exact) mass is 380 g/mol. The van der Waals surface area contributed by atoms with Crippen molar-refractivity contribution in [2.75, 3.05) is 20.0 Å². The van der Waals surface area contributed by atoms with E-state index in [0.717, 1.165) is 6.42 Å². The van der Waals surface area contributed by atoms with E-state index in [1.54, 1.807) is 6.92 Å².